The Balaban J connectivity index is 2.05. The van der Waals surface area contributed by atoms with Crippen molar-refractivity contribution >= 4 is 11.7 Å². The summed E-state index contributed by atoms with van der Waals surface area (Å²) in [5.74, 6) is 1.07. The van der Waals surface area contributed by atoms with Crippen LogP contribution in [0.25, 0.3) is 0 Å². The number of quaternary nitrogens is 1. The molecule has 1 aromatic rings. The maximum absolute atomic E-state index is 11.5. The Bertz CT molecular complexity index is 338. The fourth-order valence-electron chi connectivity index (χ4n) is 1.33. The molecule has 17 heavy (non-hydrogen) atoms. The lowest BCUT2D eigenvalue weighted by Crippen LogP contribution is -2.86. The van der Waals surface area contributed by atoms with Gasteiger partial charge in [0.1, 0.15) is 5.76 Å². The van der Waals surface area contributed by atoms with Crippen LogP contribution in [0.2, 0.25) is 0 Å². The van der Waals surface area contributed by atoms with Gasteiger partial charge in [-0.25, -0.2) is 0 Å². The van der Waals surface area contributed by atoms with Gasteiger partial charge in [-0.05, 0) is 13.8 Å². The predicted octanol–water partition coefficient (Wildman–Crippen LogP) is -0.0885. The minimum absolute atomic E-state index is 0.0743. The number of ether oxygens (including phenoxy) is 1. The maximum atomic E-state index is 11.5. The number of anilines is 1. The van der Waals surface area contributed by atoms with Crippen LogP contribution >= 0.6 is 0 Å². The molecule has 0 unspecified atom stereocenters. The highest BCUT2D eigenvalue weighted by atomic mass is 16.5. The maximum Gasteiger partial charge on any atom is 0.280 e. The number of carbonyl (C=O) groups is 1. The highest BCUT2D eigenvalue weighted by Gasteiger charge is 2.07. The first-order valence-electron chi connectivity index (χ1n) is 5.85. The van der Waals surface area contributed by atoms with Crippen molar-refractivity contribution in [3.05, 3.63) is 11.8 Å². The fourth-order valence-corrected chi connectivity index (χ4v) is 1.33. The van der Waals surface area contributed by atoms with Crippen LogP contribution in [-0.2, 0) is 9.53 Å². The molecule has 0 aliphatic heterocycles. The molecule has 6 heteroatoms. The summed E-state index contributed by atoms with van der Waals surface area (Å²) < 4.78 is 10.0. The lowest BCUT2D eigenvalue weighted by Gasteiger charge is -2.02. The summed E-state index contributed by atoms with van der Waals surface area (Å²) in [6.07, 6.45) is 0.949. The van der Waals surface area contributed by atoms with Crippen LogP contribution in [0.1, 0.15) is 19.1 Å². The molecule has 1 aromatic heterocycles. The van der Waals surface area contributed by atoms with E-state index in [4.69, 9.17) is 9.26 Å². The van der Waals surface area contributed by atoms with Gasteiger partial charge >= 0.3 is 0 Å². The van der Waals surface area contributed by atoms with Gasteiger partial charge in [-0.1, -0.05) is 5.16 Å². The first kappa shape index (κ1) is 13.7. The van der Waals surface area contributed by atoms with Gasteiger partial charge in [0.2, 0.25) is 0 Å². The average molecular weight is 242 g/mol. The Kier molecular flexibility index (Phi) is 6.27. The van der Waals surface area contributed by atoms with E-state index in [0.29, 0.717) is 18.1 Å². The van der Waals surface area contributed by atoms with E-state index in [1.54, 1.807) is 13.0 Å². The number of aryl methyl sites for hydroxylation is 1. The summed E-state index contributed by atoms with van der Waals surface area (Å²) in [6.45, 7) is 6.51. The summed E-state index contributed by atoms with van der Waals surface area (Å²) >= 11 is 0. The van der Waals surface area contributed by atoms with Crippen molar-refractivity contribution in [1.29, 1.82) is 0 Å². The zero-order valence-electron chi connectivity index (χ0n) is 10.4. The molecule has 3 N–H and O–H groups in total. The summed E-state index contributed by atoms with van der Waals surface area (Å²) in [6, 6.07) is 1.69. The molecule has 0 aromatic carbocycles. The number of nitrogens with zero attached hydrogens (tertiary/aromatic N) is 1. The summed E-state index contributed by atoms with van der Waals surface area (Å²) in [4.78, 5) is 11.5. The minimum atomic E-state index is -0.0743. The van der Waals surface area contributed by atoms with Gasteiger partial charge in [-0.2, -0.15) is 0 Å². The lowest BCUT2D eigenvalue weighted by atomic mass is 10.4. The average Bonchev–Trinajstić information content (AvgIpc) is 2.69. The monoisotopic (exact) mass is 242 g/mol. The van der Waals surface area contributed by atoms with E-state index in [1.165, 1.54) is 0 Å². The van der Waals surface area contributed by atoms with Gasteiger partial charge in [0, 0.05) is 19.1 Å². The van der Waals surface area contributed by atoms with Crippen molar-refractivity contribution in [2.75, 3.05) is 31.6 Å². The number of nitrogens with one attached hydrogen (secondary N) is 1. The van der Waals surface area contributed by atoms with Gasteiger partial charge in [-0.3, -0.25) is 4.79 Å². The lowest BCUT2D eigenvalue weighted by molar-refractivity contribution is -0.644. The van der Waals surface area contributed by atoms with Gasteiger partial charge in [0.15, 0.2) is 12.4 Å². The quantitative estimate of drug-likeness (QED) is 0.624. The highest BCUT2D eigenvalue weighted by Crippen LogP contribution is 2.05. The van der Waals surface area contributed by atoms with E-state index in [2.05, 4.69) is 10.5 Å². The van der Waals surface area contributed by atoms with E-state index in [9.17, 15) is 4.79 Å². The molecule has 0 saturated heterocycles. The number of hydrogen-bond acceptors (Lipinski definition) is 4. The van der Waals surface area contributed by atoms with Crippen molar-refractivity contribution in [2.45, 2.75) is 20.3 Å². The SMILES string of the molecule is CCOCCC[NH2+]CC(=O)Nc1cc(C)on1. The normalized spacial score (nSPS) is 10.5. The first-order chi connectivity index (χ1) is 8.22. The number of hydrogen-bond donors (Lipinski definition) is 2. The molecule has 0 radical (unpaired) electrons. The minimum Gasteiger partial charge on any atom is -0.382 e. The Hall–Kier alpha value is -1.40. The molecular formula is C11H20N3O3+. The van der Waals surface area contributed by atoms with Crippen LogP contribution in [0.3, 0.4) is 0 Å². The van der Waals surface area contributed by atoms with Crippen molar-refractivity contribution in [3.63, 3.8) is 0 Å². The third-order valence-corrected chi connectivity index (χ3v) is 2.13. The third-order valence-electron chi connectivity index (χ3n) is 2.13. The Labute approximate surface area is 101 Å². The van der Waals surface area contributed by atoms with Gasteiger partial charge in [0.05, 0.1) is 13.2 Å². The first-order valence-corrected chi connectivity index (χ1v) is 5.85. The van der Waals surface area contributed by atoms with E-state index in [-0.39, 0.29) is 5.91 Å². The Morgan fingerprint density at radius 3 is 3.12 bits per heavy atom. The van der Waals surface area contributed by atoms with E-state index in [0.717, 1.165) is 26.2 Å². The van der Waals surface area contributed by atoms with Crippen molar-refractivity contribution in [2.24, 2.45) is 0 Å². The topological polar surface area (TPSA) is 81.0 Å². The van der Waals surface area contributed by atoms with E-state index in [1.807, 2.05) is 12.2 Å². The van der Waals surface area contributed by atoms with Crippen LogP contribution in [0.15, 0.2) is 10.6 Å². The second-order valence-corrected chi connectivity index (χ2v) is 3.70. The Morgan fingerprint density at radius 1 is 1.65 bits per heavy atom. The van der Waals surface area contributed by atoms with Gasteiger partial charge < -0.3 is 19.9 Å². The summed E-state index contributed by atoms with van der Waals surface area (Å²) in [5, 5.41) is 8.29. The predicted molar refractivity (Wildman–Crippen MR) is 62.6 cm³/mol. The molecule has 0 aliphatic rings. The summed E-state index contributed by atoms with van der Waals surface area (Å²) in [7, 11) is 0. The van der Waals surface area contributed by atoms with Crippen molar-refractivity contribution in [3.8, 4) is 0 Å². The highest BCUT2D eigenvalue weighted by molar-refractivity contribution is 5.90. The molecule has 0 aliphatic carbocycles. The fraction of sp³-hybridized carbons (Fsp3) is 0.636. The van der Waals surface area contributed by atoms with E-state index < -0.39 is 0 Å². The molecule has 1 heterocycles. The number of aromatic nitrogens is 1. The Morgan fingerprint density at radius 2 is 2.47 bits per heavy atom. The largest absolute Gasteiger partial charge is 0.382 e. The molecule has 0 bridgehead atoms. The second kappa shape index (κ2) is 7.81. The molecule has 1 rings (SSSR count). The summed E-state index contributed by atoms with van der Waals surface area (Å²) in [5.41, 5.74) is 0. The van der Waals surface area contributed by atoms with Gasteiger partial charge in [0.25, 0.3) is 5.91 Å². The number of rotatable bonds is 8. The molecule has 0 spiro atoms. The molecule has 6 nitrogen and oxygen atoms in total. The van der Waals surface area contributed by atoms with Crippen molar-refractivity contribution < 1.29 is 19.4 Å². The zero-order valence-corrected chi connectivity index (χ0v) is 10.4. The molecule has 0 saturated carbocycles. The molecule has 96 valence electrons. The van der Waals surface area contributed by atoms with Crippen LogP contribution in [0, 0.1) is 6.92 Å². The zero-order chi connectivity index (χ0) is 12.5. The standard InChI is InChI=1S/C11H19N3O3/c1-3-16-6-4-5-12-8-11(15)13-10-7-9(2)17-14-10/h7,12H,3-6,8H2,1-2H3,(H,13,14,15)/p+1. The van der Waals surface area contributed by atoms with Crippen LogP contribution < -0.4 is 10.6 Å². The van der Waals surface area contributed by atoms with E-state index >= 15 is 0 Å². The van der Waals surface area contributed by atoms with Gasteiger partial charge in [-0.15, -0.1) is 0 Å². The van der Waals surface area contributed by atoms with Crippen LogP contribution in [0.5, 0.6) is 0 Å². The number of nitrogens with two attached hydrogens (primary N) is 1. The molecule has 0 atom stereocenters. The second-order valence-electron chi connectivity index (χ2n) is 3.70. The van der Waals surface area contributed by atoms with Crippen LogP contribution in [-0.4, -0.2) is 37.4 Å². The van der Waals surface area contributed by atoms with Crippen molar-refractivity contribution in [1.82, 2.24) is 5.16 Å². The van der Waals surface area contributed by atoms with Crippen LogP contribution in [0.4, 0.5) is 5.82 Å². The molecule has 0 fully saturated rings. The number of carbonyl (C=O) groups excluding carboxylic acids is 1. The number of amides is 1. The smallest absolute Gasteiger partial charge is 0.280 e. The molecular weight excluding hydrogens is 222 g/mol. The third kappa shape index (κ3) is 6.03. The molecule has 1 amide bonds.